The van der Waals surface area contributed by atoms with Gasteiger partial charge in [-0.2, -0.15) is 0 Å². The summed E-state index contributed by atoms with van der Waals surface area (Å²) in [6, 6.07) is 19.3. The van der Waals surface area contributed by atoms with Gasteiger partial charge in [0.1, 0.15) is 41.5 Å². The summed E-state index contributed by atoms with van der Waals surface area (Å²) in [6.07, 6.45) is 12.1. The second-order valence-corrected chi connectivity index (χ2v) is 32.9. The molecule has 0 radical (unpaired) electrons. The fourth-order valence-corrected chi connectivity index (χ4v) is 11.8. The van der Waals surface area contributed by atoms with Gasteiger partial charge in [0.05, 0.1) is 72.4 Å². The molecule has 126 heavy (non-hydrogen) atoms. The Morgan fingerprint density at radius 3 is 1.26 bits per heavy atom. The molecule has 7 N–H and O–H groups in total. The lowest BCUT2D eigenvalue weighted by Gasteiger charge is -2.32. The fourth-order valence-electron chi connectivity index (χ4n) is 10.7. The summed E-state index contributed by atoms with van der Waals surface area (Å²) in [5.41, 5.74) is 9.60. The molecule has 13 rings (SSSR count). The highest BCUT2D eigenvalue weighted by Gasteiger charge is 2.64. The summed E-state index contributed by atoms with van der Waals surface area (Å²) in [4.78, 5) is 97.4. The number of aromatic amines is 1. The summed E-state index contributed by atoms with van der Waals surface area (Å²) in [7, 11) is 5.02. The van der Waals surface area contributed by atoms with Crippen LogP contribution >= 0.6 is 59.4 Å². The molecule has 3 saturated heterocycles. The summed E-state index contributed by atoms with van der Waals surface area (Å²) in [6.45, 7) is 26.9. The number of halogens is 8. The first-order chi connectivity index (χ1) is 57.9. The number of anilines is 2. The van der Waals surface area contributed by atoms with E-state index in [0.29, 0.717) is 38.5 Å². The van der Waals surface area contributed by atoms with Gasteiger partial charge in [0.15, 0.2) is 39.6 Å². The van der Waals surface area contributed by atoms with Gasteiger partial charge in [-0.1, -0.05) is 68.0 Å². The van der Waals surface area contributed by atoms with Gasteiger partial charge in [-0.05, 0) is 163 Å². The number of carbonyl (C=O) groups excluding carboxylic acids is 2. The quantitative estimate of drug-likeness (QED) is 0.0239. The monoisotopic (exact) mass is 1970 g/mol. The number of oxazole rings is 2. The number of amides is 2. The van der Waals surface area contributed by atoms with Crippen molar-refractivity contribution in [1.82, 2.24) is 59.2 Å². The first kappa shape index (κ1) is 109. The number of pyridine rings is 4. The molecule has 3 fully saturated rings. The summed E-state index contributed by atoms with van der Waals surface area (Å²) >= 11 is 15.6. The van der Waals surface area contributed by atoms with Crippen LogP contribution in [0.3, 0.4) is 0 Å². The van der Waals surface area contributed by atoms with Crippen LogP contribution < -0.4 is 49.8 Å². The number of rotatable bonds is 22. The van der Waals surface area contributed by atoms with E-state index in [1.165, 1.54) is 85.3 Å². The van der Waals surface area contributed by atoms with Crippen molar-refractivity contribution in [3.63, 3.8) is 0 Å². The molecule has 0 saturated carbocycles. The van der Waals surface area contributed by atoms with Gasteiger partial charge >= 0.3 is 21.1 Å². The summed E-state index contributed by atoms with van der Waals surface area (Å²) in [5, 5.41) is 5.51. The van der Waals surface area contributed by atoms with E-state index in [1.807, 2.05) is 83.1 Å². The van der Waals surface area contributed by atoms with Crippen molar-refractivity contribution in [1.29, 1.82) is 0 Å². The molecule has 0 aliphatic carbocycles. The second-order valence-electron chi connectivity index (χ2n) is 29.9. The lowest BCUT2D eigenvalue weighted by molar-refractivity contribution is 0.00578. The number of H-pyrrole nitrogens is 1. The lowest BCUT2D eigenvalue weighted by Crippen LogP contribution is -2.41. The Balaban J connectivity index is 0.000000326. The first-order valence-electron chi connectivity index (χ1n) is 37.9. The van der Waals surface area contributed by atoms with Gasteiger partial charge in [-0.15, -0.1) is 0 Å². The molecule has 32 nitrogen and oxygen atoms in total. The Labute approximate surface area is 760 Å². The van der Waals surface area contributed by atoms with Gasteiger partial charge in [-0.25, -0.2) is 47.5 Å². The maximum absolute atomic E-state index is 13.9. The number of ether oxygens (including phenoxy) is 4. The van der Waals surface area contributed by atoms with E-state index in [1.54, 1.807) is 67.3 Å². The molecule has 684 valence electrons. The zero-order valence-corrected chi connectivity index (χ0v) is 76.1. The van der Waals surface area contributed by atoms with Crippen molar-refractivity contribution in [2.24, 2.45) is 0 Å². The topological polar surface area (TPSA) is 405 Å². The third-order valence-electron chi connectivity index (χ3n) is 19.6. The predicted molar refractivity (Wildman–Crippen MR) is 487 cm³/mol. The number of hydrogen-bond donors (Lipinski definition) is 5. The molecule has 0 bridgehead atoms. The lowest BCUT2D eigenvalue weighted by atomic mass is 9.49. The highest BCUT2D eigenvalue weighted by atomic mass is 79.9. The molecule has 0 spiro atoms. The van der Waals surface area contributed by atoms with Crippen LogP contribution in [0.5, 0.6) is 0 Å². The Morgan fingerprint density at radius 1 is 0.492 bits per heavy atom. The largest absolute Gasteiger partial charge is 0.496 e. The molecular weight excluding hydrogens is 1860 g/mol. The van der Waals surface area contributed by atoms with E-state index in [0.717, 1.165) is 50.6 Å². The number of nitrogen functional groups attached to an aromatic ring is 2. The van der Waals surface area contributed by atoms with E-state index >= 15 is 0 Å². The molecule has 0 unspecified atom stereocenters. The van der Waals surface area contributed by atoms with Crippen LogP contribution in [0.25, 0.3) is 34.4 Å². The minimum absolute atomic E-state index is 0. The third-order valence-corrected chi connectivity index (χ3v) is 21.2. The van der Waals surface area contributed by atoms with Gasteiger partial charge < -0.3 is 96.5 Å². The van der Waals surface area contributed by atoms with E-state index in [4.69, 9.17) is 74.0 Å². The molecule has 3 aliphatic rings. The number of aromatic nitrogens is 10. The SMILES string of the molecule is C.C.C.CC1(C)OB(B2OC(C)(C)C(C)(C)O2)OC1(C)C.COCCBr.COCCn1cc(-c2nc(C(=O)NCc3c(F)cccc3F)c(N)nc2-c2ncco2)ccc1=O.COCCn1cc(B2OC(C)(C)C(C)(C)O2)ccc1=O.COCCn1cc(Br)ccc1=O.Nc1nc(-c2ncco2)c(Cl)nc1C(=O)NCc1c(F)cccc1F.O=c1ccc(Br)c[nH]1. The standard InChI is InChI=1S/C23H20F2N6O4.C15H10ClF2N5O2.C14H22BNO4.C12H24B2O4.C8H10BrNO2.C5H4BrNO.C3H7BrO.3CH4/c1-34-10-8-31-12-13(5-6-17(31)32)18-19(23-27-7-9-35-23)30-21(26)20(29-18)22(33)28-11-14-15(24)3-2-4-16(14)25;16-12-10(15-20-4-5-25-15)23-13(19)11(22-12)14(24)21-6-7-8(17)2-1-3-9(7)18;1-13(2)14(3,4)20-15(19-13)11-6-7-12(17)16(10-11)8-9-18-5;1-9(2)10(3,4)16-13(15-9)14-17-11(5,6)12(7,8)18-14;1-12-5-4-10-6-7(9)2-3-8(10)11;6-4-1-2-5(8)7-3-4;1-5-3-2-4;;;/h2-7,9,12H,8,10-11H2,1H3,(H2,26,30)(H,28,33);1-5H,6H2,(H2,19,23)(H,21,24);6-7,10H,8-9H2,1-5H3;1-8H3;2-3,6H,4-5H2,1H3;1-3H,(H,7,8);2-3H2,1H3;3*1H4. The molecule has 10 aromatic rings. The Bertz CT molecular complexity index is 5290. The average molecular weight is 1970 g/mol. The second kappa shape index (κ2) is 49.2. The van der Waals surface area contributed by atoms with Crippen molar-refractivity contribution in [2.75, 3.05) is 71.7 Å². The number of methoxy groups -OCH3 is 4. The highest BCUT2D eigenvalue weighted by Crippen LogP contribution is 2.43. The molecule has 11 heterocycles. The molecule has 3 aliphatic heterocycles. The Morgan fingerprint density at radius 2 is 0.873 bits per heavy atom. The number of nitrogens with two attached hydrogens (primary N) is 2. The minimum atomic E-state index is -0.803. The van der Waals surface area contributed by atoms with Gasteiger partial charge in [0.25, 0.3) is 28.5 Å². The van der Waals surface area contributed by atoms with Gasteiger partial charge in [0, 0.05) is 141 Å². The maximum atomic E-state index is 13.9. The predicted octanol–water partition coefficient (Wildman–Crippen LogP) is 13.3. The van der Waals surface area contributed by atoms with Gasteiger partial charge in [0.2, 0.25) is 17.3 Å². The summed E-state index contributed by atoms with van der Waals surface area (Å²) in [5.74, 6) is -5.05. The summed E-state index contributed by atoms with van der Waals surface area (Å²) < 4.78 is 127. The number of benzene rings is 2. The zero-order valence-electron chi connectivity index (χ0n) is 70.6. The molecule has 2 amide bonds. The van der Waals surface area contributed by atoms with E-state index in [2.05, 4.69) is 98.0 Å². The van der Waals surface area contributed by atoms with Crippen LogP contribution in [0.1, 0.15) is 137 Å². The molecular formula is C83H109B3Br3ClF4N14O18. The van der Waals surface area contributed by atoms with Crippen LogP contribution in [0.15, 0.2) is 172 Å². The Kier molecular flexibility index (Phi) is 42.6. The number of nitrogens with one attached hydrogen (secondary N) is 3. The van der Waals surface area contributed by atoms with Crippen LogP contribution in [0, 0.1) is 23.3 Å². The number of alkyl halides is 1. The molecule has 8 aromatic heterocycles. The van der Waals surface area contributed by atoms with E-state index in [-0.39, 0.29) is 153 Å². The van der Waals surface area contributed by atoms with Crippen LogP contribution in [0.2, 0.25) is 5.15 Å². The van der Waals surface area contributed by atoms with Crippen molar-refractivity contribution in [2.45, 2.75) is 172 Å². The number of hydrogen-bond acceptors (Lipinski definition) is 26. The van der Waals surface area contributed by atoms with Crippen molar-refractivity contribution in [3.8, 4) is 34.4 Å². The van der Waals surface area contributed by atoms with Gasteiger partial charge in [-0.3, -0.25) is 28.8 Å². The van der Waals surface area contributed by atoms with E-state index < -0.39 is 69.3 Å². The van der Waals surface area contributed by atoms with Crippen molar-refractivity contribution in [3.05, 3.63) is 236 Å². The average Bonchev–Trinajstić information content (AvgIpc) is 1.59. The Hall–Kier alpha value is -9.40. The minimum Gasteiger partial charge on any atom is -0.443 e. The number of carbonyl (C=O) groups is 2. The highest BCUT2D eigenvalue weighted by molar-refractivity contribution is 9.10. The zero-order chi connectivity index (χ0) is 91.0. The third kappa shape index (κ3) is 29.8. The van der Waals surface area contributed by atoms with E-state index in [9.17, 15) is 46.3 Å². The number of nitrogens with zero attached hydrogens (tertiary/aromatic N) is 9. The smallest absolute Gasteiger partial charge is 0.443 e. The normalized spacial score (nSPS) is 14.8. The molecule has 43 heteroatoms. The van der Waals surface area contributed by atoms with Crippen molar-refractivity contribution >= 4 is 109 Å². The molecule has 0 atom stereocenters. The van der Waals surface area contributed by atoms with Crippen molar-refractivity contribution < 1.29 is 82.9 Å². The van der Waals surface area contributed by atoms with Crippen LogP contribution in [-0.4, -0.2) is 175 Å². The fraction of sp³-hybridized carbons (Fsp3) is 0.422. The van der Waals surface area contributed by atoms with Crippen LogP contribution in [-0.2, 0) is 79.6 Å². The molecule has 2 aromatic carbocycles. The van der Waals surface area contributed by atoms with Crippen LogP contribution in [0.4, 0.5) is 29.2 Å². The first-order valence-corrected chi connectivity index (χ1v) is 41.0. The maximum Gasteiger partial charge on any atom is 0.496 e.